The number of halogens is 1. The van der Waals surface area contributed by atoms with Gasteiger partial charge in [-0.2, -0.15) is 11.1 Å². The van der Waals surface area contributed by atoms with Crippen molar-refractivity contribution >= 4 is 24.4 Å². The van der Waals surface area contributed by atoms with Gasteiger partial charge in [0.2, 0.25) is 0 Å². The van der Waals surface area contributed by atoms with Crippen LogP contribution in [0.25, 0.3) is 0 Å². The van der Waals surface area contributed by atoms with E-state index >= 15 is 0 Å². The van der Waals surface area contributed by atoms with Gasteiger partial charge < -0.3 is 4.74 Å². The molecular weight excluding hydrogens is 276 g/mol. The van der Waals surface area contributed by atoms with E-state index in [4.69, 9.17) is 15.8 Å². The van der Waals surface area contributed by atoms with Gasteiger partial charge in [-0.1, -0.05) is 58.2 Å². The third-order valence-corrected chi connectivity index (χ3v) is 5.11. The van der Waals surface area contributed by atoms with Gasteiger partial charge in [0.25, 0.3) is 0 Å². The minimum atomic E-state index is -1.35. The zero-order valence-electron chi connectivity index (χ0n) is 12.8. The van der Waals surface area contributed by atoms with Crippen molar-refractivity contribution in [1.82, 2.24) is 0 Å². The molecule has 0 saturated heterocycles. The summed E-state index contributed by atoms with van der Waals surface area (Å²) in [5.74, 6) is -0.271. The third kappa shape index (κ3) is 13.9. The van der Waals surface area contributed by atoms with E-state index in [2.05, 4.69) is 19.7 Å². The Labute approximate surface area is 124 Å². The summed E-state index contributed by atoms with van der Waals surface area (Å²) in [6.07, 6.45) is 8.48. The van der Waals surface area contributed by atoms with Crippen LogP contribution in [0.1, 0.15) is 51.9 Å². The van der Waals surface area contributed by atoms with Gasteiger partial charge in [-0.05, 0) is 19.4 Å². The lowest BCUT2D eigenvalue weighted by molar-refractivity contribution is -0.139. The number of carbonyl (C=O) groups excluding carboxylic acids is 1. The van der Waals surface area contributed by atoms with Crippen LogP contribution in [0, 0.1) is 0 Å². The number of hydrogen-bond acceptors (Lipinski definition) is 2. The van der Waals surface area contributed by atoms with Crippen molar-refractivity contribution in [3.8, 4) is 0 Å². The summed E-state index contributed by atoms with van der Waals surface area (Å²) in [6.45, 7) is 10.2. The van der Waals surface area contributed by atoms with Crippen molar-refractivity contribution in [2.24, 2.45) is 0 Å². The molecular formula is C15H29ClO2Si. The Morgan fingerprint density at radius 3 is 2.00 bits per heavy atom. The molecule has 0 bridgehead atoms. The molecule has 0 aliphatic rings. The average Bonchev–Trinajstić information content (AvgIpc) is 2.29. The largest absolute Gasteiger partial charge is 0.462 e. The second-order valence-corrected chi connectivity index (χ2v) is 12.9. The molecule has 0 aliphatic heterocycles. The molecule has 0 aromatic heterocycles. The van der Waals surface area contributed by atoms with Crippen LogP contribution >= 0.6 is 11.1 Å². The second-order valence-electron chi connectivity index (χ2n) is 5.86. The number of carbonyl (C=O) groups is 1. The van der Waals surface area contributed by atoms with Gasteiger partial charge in [0.15, 0.2) is 0 Å². The van der Waals surface area contributed by atoms with E-state index in [1.54, 1.807) is 6.92 Å². The average molecular weight is 305 g/mol. The quantitative estimate of drug-likeness (QED) is 0.171. The highest BCUT2D eigenvalue weighted by Gasteiger charge is 2.15. The van der Waals surface area contributed by atoms with Crippen molar-refractivity contribution in [3.63, 3.8) is 0 Å². The van der Waals surface area contributed by atoms with E-state index in [-0.39, 0.29) is 5.97 Å². The monoisotopic (exact) mass is 304 g/mol. The van der Waals surface area contributed by atoms with Crippen LogP contribution in [-0.4, -0.2) is 20.0 Å². The lowest BCUT2D eigenvalue weighted by Gasteiger charge is -2.11. The molecule has 0 aliphatic carbocycles. The standard InChI is InChI=1S/C15H29ClO2Si/c1-14(2)15(17)18-12-10-8-6-5-7-9-11-13-19(3,4)16/h1,5-13H2,2-4H3. The summed E-state index contributed by atoms with van der Waals surface area (Å²) in [4.78, 5) is 11.1. The fourth-order valence-electron chi connectivity index (χ4n) is 1.82. The van der Waals surface area contributed by atoms with E-state index in [1.165, 1.54) is 38.1 Å². The van der Waals surface area contributed by atoms with Gasteiger partial charge in [0.1, 0.15) is 7.38 Å². The predicted molar refractivity (Wildman–Crippen MR) is 86.2 cm³/mol. The Bertz CT molecular complexity index is 272. The normalized spacial score (nSPS) is 11.4. The van der Waals surface area contributed by atoms with Gasteiger partial charge in [-0.15, -0.1) is 0 Å². The SMILES string of the molecule is C=C(C)C(=O)OCCCCCCCCC[Si](C)(C)Cl. The molecule has 0 unspecified atom stereocenters. The maximum atomic E-state index is 11.1. The minimum Gasteiger partial charge on any atom is -0.462 e. The molecule has 4 heteroatoms. The molecule has 0 aromatic rings. The predicted octanol–water partition coefficient (Wildman–Crippen LogP) is 5.28. The third-order valence-electron chi connectivity index (χ3n) is 3.00. The summed E-state index contributed by atoms with van der Waals surface area (Å²) < 4.78 is 5.04. The minimum absolute atomic E-state index is 0.271. The second kappa shape index (κ2) is 10.5. The molecule has 0 radical (unpaired) electrons. The lowest BCUT2D eigenvalue weighted by Crippen LogP contribution is -2.14. The number of rotatable bonds is 11. The Balaban J connectivity index is 3.20. The molecule has 112 valence electrons. The van der Waals surface area contributed by atoms with E-state index < -0.39 is 7.38 Å². The molecule has 0 atom stereocenters. The first kappa shape index (κ1) is 18.7. The maximum Gasteiger partial charge on any atom is 0.333 e. The first-order chi connectivity index (χ1) is 8.83. The molecule has 0 aromatic carbocycles. The molecule has 0 spiro atoms. The lowest BCUT2D eigenvalue weighted by atomic mass is 10.1. The smallest absolute Gasteiger partial charge is 0.333 e. The number of ether oxygens (including phenoxy) is 1. The maximum absolute atomic E-state index is 11.1. The Morgan fingerprint density at radius 2 is 1.53 bits per heavy atom. The highest BCUT2D eigenvalue weighted by atomic mass is 35.6. The van der Waals surface area contributed by atoms with Crippen LogP contribution in [0.15, 0.2) is 12.2 Å². The molecule has 0 saturated carbocycles. The summed E-state index contributed by atoms with van der Waals surface area (Å²) >= 11 is 6.27. The number of unbranched alkanes of at least 4 members (excludes halogenated alkanes) is 6. The van der Waals surface area contributed by atoms with Gasteiger partial charge in [-0.25, -0.2) is 4.79 Å². The van der Waals surface area contributed by atoms with Crippen molar-refractivity contribution < 1.29 is 9.53 Å². The van der Waals surface area contributed by atoms with Crippen LogP contribution in [0.3, 0.4) is 0 Å². The van der Waals surface area contributed by atoms with Gasteiger partial charge in [0.05, 0.1) is 6.61 Å². The Hall–Kier alpha value is -0.283. The molecule has 0 rings (SSSR count). The first-order valence-corrected chi connectivity index (χ1v) is 11.6. The van der Waals surface area contributed by atoms with Crippen LogP contribution in [-0.2, 0) is 9.53 Å². The van der Waals surface area contributed by atoms with E-state index in [0.29, 0.717) is 12.2 Å². The van der Waals surface area contributed by atoms with E-state index in [9.17, 15) is 4.79 Å². The zero-order valence-corrected chi connectivity index (χ0v) is 14.5. The van der Waals surface area contributed by atoms with E-state index in [1.807, 2.05) is 0 Å². The van der Waals surface area contributed by atoms with Gasteiger partial charge >= 0.3 is 5.97 Å². The Morgan fingerprint density at radius 1 is 1.05 bits per heavy atom. The van der Waals surface area contributed by atoms with Crippen molar-refractivity contribution in [2.75, 3.05) is 6.61 Å². The molecule has 0 fully saturated rings. The molecule has 2 nitrogen and oxygen atoms in total. The highest BCUT2D eigenvalue weighted by Crippen LogP contribution is 2.19. The van der Waals surface area contributed by atoms with E-state index in [0.717, 1.165) is 12.8 Å². The summed E-state index contributed by atoms with van der Waals surface area (Å²) in [5, 5.41) is 0. The van der Waals surface area contributed by atoms with Crippen molar-refractivity contribution in [2.45, 2.75) is 71.0 Å². The number of hydrogen-bond donors (Lipinski definition) is 0. The Kier molecular flexibility index (Phi) is 10.3. The van der Waals surface area contributed by atoms with Crippen LogP contribution in [0.2, 0.25) is 19.1 Å². The van der Waals surface area contributed by atoms with Gasteiger partial charge in [0, 0.05) is 5.57 Å². The fourth-order valence-corrected chi connectivity index (χ4v) is 3.31. The summed E-state index contributed by atoms with van der Waals surface area (Å²) in [5.41, 5.74) is 0.478. The topological polar surface area (TPSA) is 26.3 Å². The molecule has 0 amide bonds. The summed E-state index contributed by atoms with van der Waals surface area (Å²) in [6, 6.07) is 1.23. The number of esters is 1. The highest BCUT2D eigenvalue weighted by molar-refractivity contribution is 7.19. The van der Waals surface area contributed by atoms with Crippen molar-refractivity contribution in [3.05, 3.63) is 12.2 Å². The van der Waals surface area contributed by atoms with Gasteiger partial charge in [-0.3, -0.25) is 0 Å². The molecule has 0 heterocycles. The summed E-state index contributed by atoms with van der Waals surface area (Å²) in [7, 11) is -1.35. The molecule has 19 heavy (non-hydrogen) atoms. The zero-order chi connectivity index (χ0) is 14.7. The van der Waals surface area contributed by atoms with Crippen LogP contribution in [0.4, 0.5) is 0 Å². The fraction of sp³-hybridized carbons (Fsp3) is 0.800. The van der Waals surface area contributed by atoms with Crippen LogP contribution in [0.5, 0.6) is 0 Å². The van der Waals surface area contributed by atoms with Crippen LogP contribution < -0.4 is 0 Å². The van der Waals surface area contributed by atoms with Crippen molar-refractivity contribution in [1.29, 1.82) is 0 Å². The first-order valence-electron chi connectivity index (χ1n) is 7.34. The molecule has 0 N–H and O–H groups in total.